The summed E-state index contributed by atoms with van der Waals surface area (Å²) in [6, 6.07) is 12.0. The molecular formula is C20H30N4O. The number of hydrogen-bond acceptors (Lipinski definition) is 3. The number of amides is 2. The summed E-state index contributed by atoms with van der Waals surface area (Å²) in [6.07, 6.45) is 0.881. The van der Waals surface area contributed by atoms with Crippen molar-refractivity contribution in [3.05, 3.63) is 58.7 Å². The summed E-state index contributed by atoms with van der Waals surface area (Å²) in [5.41, 5.74) is 8.85. The van der Waals surface area contributed by atoms with E-state index in [1.807, 2.05) is 19.2 Å². The van der Waals surface area contributed by atoms with E-state index >= 15 is 0 Å². The largest absolute Gasteiger partial charge is 0.368 e. The number of hydrazine groups is 1. The first-order chi connectivity index (χ1) is 11.5. The van der Waals surface area contributed by atoms with Crippen LogP contribution in [0.15, 0.2) is 36.4 Å². The zero-order valence-corrected chi connectivity index (χ0v) is 14.8. The van der Waals surface area contributed by atoms with Crippen LogP contribution in [0.4, 0.5) is 16.2 Å². The molecule has 0 bridgehead atoms. The lowest BCUT2D eigenvalue weighted by Crippen LogP contribution is -2.35. The van der Waals surface area contributed by atoms with Crippen LogP contribution < -0.4 is 21.5 Å². The number of benzene rings is 2. The van der Waals surface area contributed by atoms with Gasteiger partial charge in [0.15, 0.2) is 0 Å². The molecule has 4 N–H and O–H groups in total. The number of nitrogens with zero attached hydrogens (tertiary/aromatic N) is 1. The van der Waals surface area contributed by atoms with Gasteiger partial charge in [0, 0.05) is 13.6 Å². The van der Waals surface area contributed by atoms with Crippen LogP contribution in [0.1, 0.15) is 36.6 Å². The monoisotopic (exact) mass is 342 g/mol. The van der Waals surface area contributed by atoms with Gasteiger partial charge in [-0.25, -0.2) is 10.6 Å². The maximum absolute atomic E-state index is 11.6. The van der Waals surface area contributed by atoms with Crippen molar-refractivity contribution in [3.63, 3.8) is 0 Å². The molecule has 5 nitrogen and oxygen atoms in total. The lowest BCUT2D eigenvalue weighted by atomic mass is 10.0. The highest BCUT2D eigenvalue weighted by molar-refractivity contribution is 5.93. The van der Waals surface area contributed by atoms with Crippen LogP contribution in [0, 0.1) is 13.8 Å². The minimum atomic E-state index is -0.426. The molecule has 0 aromatic heterocycles. The molecule has 0 spiro atoms. The maximum atomic E-state index is 11.6. The molecule has 0 saturated carbocycles. The van der Waals surface area contributed by atoms with Crippen molar-refractivity contribution in [1.82, 2.24) is 5.43 Å². The molecule has 0 aliphatic carbocycles. The summed E-state index contributed by atoms with van der Waals surface area (Å²) in [7, 11) is 2.04. The van der Waals surface area contributed by atoms with E-state index in [1.54, 1.807) is 0 Å². The molecule has 0 atom stereocenters. The highest BCUT2D eigenvalue weighted by Crippen LogP contribution is 2.31. The van der Waals surface area contributed by atoms with E-state index in [0.29, 0.717) is 0 Å². The number of aryl methyl sites for hydroxylation is 3. The lowest BCUT2D eigenvalue weighted by Gasteiger charge is -2.26. The van der Waals surface area contributed by atoms with Gasteiger partial charge in [-0.3, -0.25) is 5.43 Å². The Morgan fingerprint density at radius 1 is 1.16 bits per heavy atom. The van der Waals surface area contributed by atoms with Crippen LogP contribution in [0.2, 0.25) is 0 Å². The standard InChI is InChI=1S/C19H26N4O.CH4/c1-5-15-7-6-8-17(21-19(24)22-20)18(15)23(4)12-16-11-13(2)9-10-14(16)3;/h6-11H,5,12,20H2,1-4H3,(H2,21,22,24);1H4. The van der Waals surface area contributed by atoms with Gasteiger partial charge in [0.25, 0.3) is 0 Å². The molecule has 0 unspecified atom stereocenters. The van der Waals surface area contributed by atoms with Gasteiger partial charge < -0.3 is 10.2 Å². The molecule has 2 amide bonds. The second-order valence-corrected chi connectivity index (χ2v) is 6.05. The topological polar surface area (TPSA) is 70.4 Å². The Morgan fingerprint density at radius 2 is 1.88 bits per heavy atom. The first kappa shape index (κ1) is 20.5. The lowest BCUT2D eigenvalue weighted by molar-refractivity contribution is 0.252. The number of carbonyl (C=O) groups is 1. The SMILES string of the molecule is C.CCc1cccc(NC(=O)NN)c1N(C)Cc1cc(C)ccc1C. The van der Waals surface area contributed by atoms with Crippen LogP contribution in [0.3, 0.4) is 0 Å². The zero-order valence-electron chi connectivity index (χ0n) is 14.8. The van der Waals surface area contributed by atoms with Crippen molar-refractivity contribution >= 4 is 17.4 Å². The van der Waals surface area contributed by atoms with Crippen molar-refractivity contribution in [2.45, 2.75) is 41.2 Å². The molecule has 25 heavy (non-hydrogen) atoms. The summed E-state index contributed by atoms with van der Waals surface area (Å²) in [4.78, 5) is 13.8. The highest BCUT2D eigenvalue weighted by atomic mass is 16.2. The van der Waals surface area contributed by atoms with Crippen LogP contribution in [-0.4, -0.2) is 13.1 Å². The minimum Gasteiger partial charge on any atom is -0.368 e. The number of nitrogens with two attached hydrogens (primary N) is 1. The molecule has 2 aromatic carbocycles. The Hall–Kier alpha value is -2.53. The van der Waals surface area contributed by atoms with Crippen molar-refractivity contribution in [2.75, 3.05) is 17.3 Å². The summed E-state index contributed by atoms with van der Waals surface area (Å²) < 4.78 is 0. The average molecular weight is 342 g/mol. The summed E-state index contributed by atoms with van der Waals surface area (Å²) >= 11 is 0. The molecule has 136 valence electrons. The molecule has 0 radical (unpaired) electrons. The van der Waals surface area contributed by atoms with Crippen LogP contribution in [0.25, 0.3) is 0 Å². The van der Waals surface area contributed by atoms with Gasteiger partial charge in [-0.1, -0.05) is 50.2 Å². The van der Waals surface area contributed by atoms with Crippen LogP contribution in [0.5, 0.6) is 0 Å². The van der Waals surface area contributed by atoms with E-state index in [0.717, 1.165) is 24.3 Å². The van der Waals surface area contributed by atoms with Crippen molar-refractivity contribution in [2.24, 2.45) is 5.84 Å². The van der Waals surface area contributed by atoms with E-state index in [2.05, 4.69) is 60.7 Å². The third-order valence-electron chi connectivity index (χ3n) is 4.17. The van der Waals surface area contributed by atoms with E-state index < -0.39 is 6.03 Å². The fourth-order valence-electron chi connectivity index (χ4n) is 2.89. The van der Waals surface area contributed by atoms with E-state index in [-0.39, 0.29) is 7.43 Å². The molecule has 2 rings (SSSR count). The molecule has 0 saturated heterocycles. The number of para-hydroxylation sites is 1. The van der Waals surface area contributed by atoms with Gasteiger partial charge in [-0.2, -0.15) is 0 Å². The van der Waals surface area contributed by atoms with Gasteiger partial charge in [0.2, 0.25) is 0 Å². The van der Waals surface area contributed by atoms with Gasteiger partial charge in [-0.15, -0.1) is 0 Å². The summed E-state index contributed by atoms with van der Waals surface area (Å²) in [6.45, 7) is 7.09. The molecule has 0 heterocycles. The fraction of sp³-hybridized carbons (Fsp3) is 0.350. The van der Waals surface area contributed by atoms with Crippen LogP contribution in [-0.2, 0) is 13.0 Å². The summed E-state index contributed by atoms with van der Waals surface area (Å²) in [5.74, 6) is 5.20. The number of urea groups is 1. The predicted molar refractivity (Wildman–Crippen MR) is 107 cm³/mol. The van der Waals surface area contributed by atoms with Gasteiger partial charge in [-0.05, 0) is 43.0 Å². The Labute approximate surface area is 151 Å². The van der Waals surface area contributed by atoms with E-state index in [9.17, 15) is 4.79 Å². The number of nitrogens with one attached hydrogen (secondary N) is 2. The quantitative estimate of drug-likeness (QED) is 0.434. The molecule has 0 aliphatic rings. The second kappa shape index (κ2) is 9.08. The number of hydrogen-bond donors (Lipinski definition) is 3. The fourth-order valence-corrected chi connectivity index (χ4v) is 2.89. The van der Waals surface area contributed by atoms with Gasteiger partial charge >= 0.3 is 6.03 Å². The van der Waals surface area contributed by atoms with E-state index in [1.165, 1.54) is 22.3 Å². The Balaban J connectivity index is 0.00000312. The summed E-state index contributed by atoms with van der Waals surface area (Å²) in [5, 5.41) is 2.81. The Kier molecular flexibility index (Phi) is 7.45. The number of rotatable bonds is 5. The Morgan fingerprint density at radius 3 is 2.52 bits per heavy atom. The first-order valence-corrected chi connectivity index (χ1v) is 8.13. The first-order valence-electron chi connectivity index (χ1n) is 8.13. The molecule has 0 aliphatic heterocycles. The van der Waals surface area contributed by atoms with Crippen molar-refractivity contribution in [1.29, 1.82) is 0 Å². The predicted octanol–water partition coefficient (Wildman–Crippen LogP) is 4.13. The van der Waals surface area contributed by atoms with E-state index in [4.69, 9.17) is 5.84 Å². The van der Waals surface area contributed by atoms with Gasteiger partial charge in [0.05, 0.1) is 11.4 Å². The third-order valence-corrected chi connectivity index (χ3v) is 4.17. The third kappa shape index (κ3) is 4.97. The number of carbonyl (C=O) groups excluding carboxylic acids is 1. The average Bonchev–Trinajstić information content (AvgIpc) is 2.57. The second-order valence-electron chi connectivity index (χ2n) is 6.05. The molecule has 2 aromatic rings. The van der Waals surface area contributed by atoms with Crippen molar-refractivity contribution < 1.29 is 4.79 Å². The normalized spacial score (nSPS) is 9.96. The highest BCUT2D eigenvalue weighted by Gasteiger charge is 2.15. The maximum Gasteiger partial charge on any atom is 0.333 e. The Bertz CT molecular complexity index is 728. The minimum absolute atomic E-state index is 0. The van der Waals surface area contributed by atoms with Gasteiger partial charge in [0.1, 0.15) is 0 Å². The van der Waals surface area contributed by atoms with Crippen molar-refractivity contribution in [3.8, 4) is 0 Å². The molecular weight excluding hydrogens is 312 g/mol. The smallest absolute Gasteiger partial charge is 0.333 e. The molecule has 5 heteroatoms. The molecule has 0 fully saturated rings. The zero-order chi connectivity index (χ0) is 17.7. The number of anilines is 2. The van der Waals surface area contributed by atoms with Crippen LogP contribution >= 0.6 is 0 Å².